The van der Waals surface area contributed by atoms with Crippen molar-refractivity contribution < 1.29 is 0 Å². The molecule has 0 aliphatic rings. The Bertz CT molecular complexity index is 884. The molecule has 47 heavy (non-hydrogen) atoms. The van der Waals surface area contributed by atoms with E-state index in [1.165, 1.54) is 22.3 Å². The highest BCUT2D eigenvalue weighted by atomic mass is 14.6. The number of nitrogens with zero attached hydrogens (tertiary/aromatic N) is 3. The molecule has 3 heteroatoms. The van der Waals surface area contributed by atoms with Crippen molar-refractivity contribution in [3.05, 3.63) is 162 Å². The van der Waals surface area contributed by atoms with Crippen LogP contribution < -0.4 is 0 Å². The summed E-state index contributed by atoms with van der Waals surface area (Å²) in [6, 6.07) is 34.3. The molecule has 0 atom stereocenters. The Morgan fingerprint density at radius 2 is 0.660 bits per heavy atom. The number of hydrogen-bond donors (Lipinski definition) is 0. The van der Waals surface area contributed by atoms with Gasteiger partial charge in [0.2, 0.25) is 0 Å². The standard InChI is InChI=1S/2C7H8.3C6H7N.6C2H6/c2*1-7-5-3-2-4-6-7;1-6-2-4-7-5-3-6;1-6-3-2-4-7-5-6;1-6-4-2-3-5-7-6;6*1-2/h2*2-6H,1H3;3*2-5H,1H3;6*1-2H3. The van der Waals surface area contributed by atoms with Crippen LogP contribution in [0, 0.1) is 34.6 Å². The van der Waals surface area contributed by atoms with Gasteiger partial charge in [0, 0.05) is 36.7 Å². The van der Waals surface area contributed by atoms with E-state index in [0.717, 1.165) is 5.69 Å². The summed E-state index contributed by atoms with van der Waals surface area (Å²) >= 11 is 0. The van der Waals surface area contributed by atoms with E-state index in [4.69, 9.17) is 0 Å². The van der Waals surface area contributed by atoms with E-state index in [-0.39, 0.29) is 0 Å². The smallest absolute Gasteiger partial charge is 0.0372 e. The average Bonchev–Trinajstić information content (AvgIpc) is 3.16. The highest BCUT2D eigenvalue weighted by Crippen LogP contribution is 1.93. The van der Waals surface area contributed by atoms with E-state index >= 15 is 0 Å². The Hall–Kier alpha value is -4.11. The Labute approximate surface area is 294 Å². The van der Waals surface area contributed by atoms with Crippen molar-refractivity contribution in [3.8, 4) is 0 Å². The molecule has 3 nitrogen and oxygen atoms in total. The number of benzene rings is 2. The highest BCUT2D eigenvalue weighted by molar-refractivity contribution is 5.12. The zero-order chi connectivity index (χ0) is 37.6. The maximum Gasteiger partial charge on any atom is 0.0372 e. The molecule has 5 rings (SSSR count). The minimum absolute atomic E-state index is 1.07. The first-order chi connectivity index (χ1) is 23.0. The van der Waals surface area contributed by atoms with Gasteiger partial charge in [-0.2, -0.15) is 0 Å². The van der Waals surface area contributed by atoms with Crippen LogP contribution in [0.5, 0.6) is 0 Å². The Kier molecular flexibility index (Phi) is 64.0. The van der Waals surface area contributed by atoms with Crippen molar-refractivity contribution in [3.63, 3.8) is 0 Å². The predicted molar refractivity (Wildman–Crippen MR) is 217 cm³/mol. The number of pyridine rings is 3. The third-order valence-electron chi connectivity index (χ3n) is 4.35. The Morgan fingerprint density at radius 1 is 0.298 bits per heavy atom. The lowest BCUT2D eigenvalue weighted by Crippen LogP contribution is -1.72. The quantitative estimate of drug-likeness (QED) is 0.168. The van der Waals surface area contributed by atoms with Crippen molar-refractivity contribution >= 4 is 0 Å². The van der Waals surface area contributed by atoms with Crippen molar-refractivity contribution in [2.45, 2.75) is 118 Å². The van der Waals surface area contributed by atoms with Gasteiger partial charge in [-0.15, -0.1) is 0 Å². The lowest BCUT2D eigenvalue weighted by atomic mass is 10.2. The van der Waals surface area contributed by atoms with Gasteiger partial charge in [0.25, 0.3) is 0 Å². The molecule has 0 spiro atoms. The van der Waals surface area contributed by atoms with Crippen molar-refractivity contribution in [2.75, 3.05) is 0 Å². The third kappa shape index (κ3) is 51.7. The SMILES string of the molecule is CC.CC.CC.CC.CC.CC.Cc1ccccc1.Cc1ccccc1.Cc1ccccn1.Cc1cccnc1.Cc1ccncc1. The molecule has 3 aromatic heterocycles. The molecule has 264 valence electrons. The average molecular weight is 644 g/mol. The summed E-state index contributed by atoms with van der Waals surface area (Å²) in [5.41, 5.74) is 6.19. The summed E-state index contributed by atoms with van der Waals surface area (Å²) in [4.78, 5) is 11.7. The summed E-state index contributed by atoms with van der Waals surface area (Å²) in [6.45, 7) is 34.2. The molecule has 3 heterocycles. The normalized spacial score (nSPS) is 7.26. The zero-order valence-corrected chi connectivity index (χ0v) is 33.5. The van der Waals surface area contributed by atoms with Crippen LogP contribution in [0.4, 0.5) is 0 Å². The van der Waals surface area contributed by atoms with Gasteiger partial charge in [0.15, 0.2) is 0 Å². The van der Waals surface area contributed by atoms with E-state index in [0.29, 0.717) is 0 Å². The van der Waals surface area contributed by atoms with Crippen LogP contribution in [0.2, 0.25) is 0 Å². The number of aromatic nitrogens is 3. The van der Waals surface area contributed by atoms with Gasteiger partial charge in [-0.25, -0.2) is 0 Å². The maximum absolute atomic E-state index is 3.98. The van der Waals surface area contributed by atoms with E-state index in [9.17, 15) is 0 Å². The minimum Gasteiger partial charge on any atom is -0.265 e. The fraction of sp³-hybridized carbons (Fsp3) is 0.386. The first-order valence-electron chi connectivity index (χ1n) is 17.6. The summed E-state index contributed by atoms with van der Waals surface area (Å²) < 4.78 is 0. The molecule has 0 fully saturated rings. The summed E-state index contributed by atoms with van der Waals surface area (Å²) in [7, 11) is 0. The fourth-order valence-electron chi connectivity index (χ4n) is 2.39. The predicted octanol–water partition coefficient (Wildman–Crippen LogP) is 14.3. The Balaban J connectivity index is -0.000000103. The van der Waals surface area contributed by atoms with E-state index in [1.807, 2.05) is 189 Å². The van der Waals surface area contributed by atoms with Gasteiger partial charge in [0.05, 0.1) is 0 Å². The van der Waals surface area contributed by atoms with Gasteiger partial charge < -0.3 is 0 Å². The molecule has 2 aromatic carbocycles. The molecular formula is C44H73N3. The molecule has 0 radical (unpaired) electrons. The van der Waals surface area contributed by atoms with E-state index < -0.39 is 0 Å². The first kappa shape index (κ1) is 55.3. The van der Waals surface area contributed by atoms with Crippen LogP contribution in [0.3, 0.4) is 0 Å². The lowest BCUT2D eigenvalue weighted by Gasteiger charge is -1.82. The highest BCUT2D eigenvalue weighted by Gasteiger charge is 1.75. The van der Waals surface area contributed by atoms with Crippen LogP contribution in [0.15, 0.2) is 134 Å². The number of hydrogen-bond acceptors (Lipinski definition) is 3. The molecular weight excluding hydrogens is 571 g/mol. The lowest BCUT2D eigenvalue weighted by molar-refractivity contribution is 1.20. The summed E-state index contributed by atoms with van der Waals surface area (Å²) in [5, 5.41) is 0. The summed E-state index contributed by atoms with van der Waals surface area (Å²) in [5.74, 6) is 0. The molecule has 0 aliphatic carbocycles. The molecule has 0 saturated carbocycles. The van der Waals surface area contributed by atoms with Gasteiger partial charge >= 0.3 is 0 Å². The van der Waals surface area contributed by atoms with Crippen LogP contribution in [-0.2, 0) is 0 Å². The molecule has 0 saturated heterocycles. The first-order valence-corrected chi connectivity index (χ1v) is 17.6. The van der Waals surface area contributed by atoms with Gasteiger partial charge in [0.1, 0.15) is 0 Å². The van der Waals surface area contributed by atoms with Crippen molar-refractivity contribution in [1.82, 2.24) is 15.0 Å². The van der Waals surface area contributed by atoms with Gasteiger partial charge in [-0.1, -0.05) is 167 Å². The fourth-order valence-corrected chi connectivity index (χ4v) is 2.39. The van der Waals surface area contributed by atoms with Gasteiger partial charge in [-0.3, -0.25) is 15.0 Å². The van der Waals surface area contributed by atoms with Gasteiger partial charge in [-0.05, 0) is 76.1 Å². The number of rotatable bonds is 0. The second-order valence-corrected chi connectivity index (χ2v) is 7.84. The van der Waals surface area contributed by atoms with E-state index in [1.54, 1.807) is 24.8 Å². The zero-order valence-electron chi connectivity index (χ0n) is 33.5. The van der Waals surface area contributed by atoms with Crippen LogP contribution >= 0.6 is 0 Å². The monoisotopic (exact) mass is 644 g/mol. The summed E-state index contributed by atoms with van der Waals surface area (Å²) in [6.07, 6.45) is 8.97. The molecule has 5 aromatic rings. The van der Waals surface area contributed by atoms with E-state index in [2.05, 4.69) is 53.1 Å². The topological polar surface area (TPSA) is 38.7 Å². The second kappa shape index (κ2) is 54.4. The van der Waals surface area contributed by atoms with Crippen molar-refractivity contribution in [1.29, 1.82) is 0 Å². The minimum atomic E-state index is 1.07. The molecule has 0 bridgehead atoms. The van der Waals surface area contributed by atoms with Crippen LogP contribution in [0.1, 0.15) is 111 Å². The molecule has 0 aliphatic heterocycles. The number of aryl methyl sites for hydroxylation is 5. The largest absolute Gasteiger partial charge is 0.265 e. The Morgan fingerprint density at radius 3 is 0.830 bits per heavy atom. The molecule has 0 unspecified atom stereocenters. The third-order valence-corrected chi connectivity index (χ3v) is 4.35. The van der Waals surface area contributed by atoms with Crippen LogP contribution in [0.25, 0.3) is 0 Å². The second-order valence-electron chi connectivity index (χ2n) is 7.84. The molecule has 0 N–H and O–H groups in total. The van der Waals surface area contributed by atoms with Crippen molar-refractivity contribution in [2.24, 2.45) is 0 Å². The van der Waals surface area contributed by atoms with Crippen LogP contribution in [-0.4, -0.2) is 15.0 Å². The molecule has 0 amide bonds. The maximum atomic E-state index is 3.98.